The first kappa shape index (κ1) is 9.21. The molecule has 0 rings (SSSR count). The maximum absolute atomic E-state index is 10.9. The highest BCUT2D eigenvalue weighted by Crippen LogP contribution is 1.94. The number of rotatable bonds is 4. The van der Waals surface area contributed by atoms with Gasteiger partial charge in [-0.1, -0.05) is 13.8 Å². The van der Waals surface area contributed by atoms with Crippen LogP contribution in [0.15, 0.2) is 12.3 Å². The van der Waals surface area contributed by atoms with Crippen LogP contribution in [0.2, 0.25) is 0 Å². The topological polar surface area (TPSA) is 26.3 Å². The fourth-order valence-electron chi connectivity index (χ4n) is 0.404. The third-order valence-electron chi connectivity index (χ3n) is 1.06. The summed E-state index contributed by atoms with van der Waals surface area (Å²) in [6, 6.07) is 0. The van der Waals surface area contributed by atoms with E-state index >= 15 is 0 Å². The highest BCUT2D eigenvalue weighted by atomic mass is 16.5. The zero-order valence-corrected chi connectivity index (χ0v) is 6.76. The van der Waals surface area contributed by atoms with Crippen LogP contribution in [0.3, 0.4) is 0 Å². The number of hydrogen-bond acceptors (Lipinski definition) is 2. The predicted molar refractivity (Wildman–Crippen MR) is 40.6 cm³/mol. The third kappa shape index (κ3) is 4.13. The number of allylic oxidation sites excluding steroid dienone is 1. The summed E-state index contributed by atoms with van der Waals surface area (Å²) in [5, 5.41) is 0. The van der Waals surface area contributed by atoms with Crippen LogP contribution >= 0.6 is 0 Å². The van der Waals surface area contributed by atoms with Crippen LogP contribution in [0, 0.1) is 5.92 Å². The quantitative estimate of drug-likeness (QED) is 0.441. The van der Waals surface area contributed by atoms with E-state index in [2.05, 4.69) is 0 Å². The largest absolute Gasteiger partial charge is 0.501 e. The zero-order chi connectivity index (χ0) is 7.98. The SMILES string of the molecule is CCO/C=C/C(=O)C(C)C. The van der Waals surface area contributed by atoms with Gasteiger partial charge in [-0.25, -0.2) is 0 Å². The summed E-state index contributed by atoms with van der Waals surface area (Å²) in [4.78, 5) is 10.9. The van der Waals surface area contributed by atoms with Crippen LogP contribution < -0.4 is 0 Å². The molecule has 0 N–H and O–H groups in total. The Hall–Kier alpha value is -0.790. The summed E-state index contributed by atoms with van der Waals surface area (Å²) in [5.41, 5.74) is 0. The monoisotopic (exact) mass is 142 g/mol. The molecule has 0 unspecified atom stereocenters. The van der Waals surface area contributed by atoms with Crippen molar-refractivity contribution in [3.8, 4) is 0 Å². The van der Waals surface area contributed by atoms with Crippen molar-refractivity contribution in [1.29, 1.82) is 0 Å². The molecule has 0 spiro atoms. The summed E-state index contributed by atoms with van der Waals surface area (Å²) >= 11 is 0. The minimum atomic E-state index is 0.0664. The van der Waals surface area contributed by atoms with Crippen molar-refractivity contribution in [2.45, 2.75) is 20.8 Å². The van der Waals surface area contributed by atoms with Gasteiger partial charge in [0.15, 0.2) is 5.78 Å². The van der Waals surface area contributed by atoms with Gasteiger partial charge in [0, 0.05) is 12.0 Å². The molecule has 0 heterocycles. The van der Waals surface area contributed by atoms with Crippen molar-refractivity contribution < 1.29 is 9.53 Å². The molecule has 0 saturated carbocycles. The molecule has 0 aliphatic heterocycles. The van der Waals surface area contributed by atoms with Crippen molar-refractivity contribution >= 4 is 5.78 Å². The average Bonchev–Trinajstić information content (AvgIpc) is 1.88. The zero-order valence-electron chi connectivity index (χ0n) is 6.76. The summed E-state index contributed by atoms with van der Waals surface area (Å²) in [6.07, 6.45) is 2.91. The van der Waals surface area contributed by atoms with E-state index in [0.717, 1.165) is 0 Å². The Morgan fingerprint density at radius 3 is 2.60 bits per heavy atom. The minimum Gasteiger partial charge on any atom is -0.501 e. The Morgan fingerprint density at radius 1 is 1.60 bits per heavy atom. The Bertz CT molecular complexity index is 125. The number of hydrogen-bond donors (Lipinski definition) is 0. The number of ether oxygens (including phenoxy) is 1. The lowest BCUT2D eigenvalue weighted by Crippen LogP contribution is -2.02. The summed E-state index contributed by atoms with van der Waals surface area (Å²) in [5.74, 6) is 0.171. The highest BCUT2D eigenvalue weighted by molar-refractivity contribution is 5.90. The average molecular weight is 142 g/mol. The molecular weight excluding hydrogens is 128 g/mol. The number of carbonyl (C=O) groups excluding carboxylic acids is 1. The predicted octanol–water partition coefficient (Wildman–Crippen LogP) is 1.76. The Labute approximate surface area is 61.9 Å². The first-order valence-electron chi connectivity index (χ1n) is 3.50. The van der Waals surface area contributed by atoms with E-state index < -0.39 is 0 Å². The van der Waals surface area contributed by atoms with Gasteiger partial charge in [0.2, 0.25) is 0 Å². The third-order valence-corrected chi connectivity index (χ3v) is 1.06. The molecule has 0 fully saturated rings. The smallest absolute Gasteiger partial charge is 0.161 e. The first-order valence-corrected chi connectivity index (χ1v) is 3.50. The van der Waals surface area contributed by atoms with Crippen molar-refractivity contribution in [1.82, 2.24) is 0 Å². The fraction of sp³-hybridized carbons (Fsp3) is 0.625. The van der Waals surface area contributed by atoms with Gasteiger partial charge >= 0.3 is 0 Å². The molecule has 58 valence electrons. The molecule has 10 heavy (non-hydrogen) atoms. The van der Waals surface area contributed by atoms with Crippen LogP contribution in [0.1, 0.15) is 20.8 Å². The van der Waals surface area contributed by atoms with Gasteiger partial charge < -0.3 is 4.74 Å². The molecule has 0 aromatic carbocycles. The second-order valence-electron chi connectivity index (χ2n) is 2.32. The molecular formula is C8H14O2. The van der Waals surface area contributed by atoms with Gasteiger partial charge in [-0.2, -0.15) is 0 Å². The molecule has 0 radical (unpaired) electrons. The lowest BCUT2D eigenvalue weighted by Gasteiger charge is -1.96. The van der Waals surface area contributed by atoms with E-state index in [9.17, 15) is 4.79 Å². The van der Waals surface area contributed by atoms with Gasteiger partial charge in [-0.15, -0.1) is 0 Å². The molecule has 0 aromatic heterocycles. The van der Waals surface area contributed by atoms with Gasteiger partial charge in [0.1, 0.15) is 0 Å². The molecule has 0 aliphatic carbocycles. The van der Waals surface area contributed by atoms with Crippen LogP contribution in [0.5, 0.6) is 0 Å². The summed E-state index contributed by atoms with van der Waals surface area (Å²) in [7, 11) is 0. The normalized spacial score (nSPS) is 10.8. The van der Waals surface area contributed by atoms with E-state index in [1.807, 2.05) is 20.8 Å². The minimum absolute atomic E-state index is 0.0664. The van der Waals surface area contributed by atoms with E-state index in [4.69, 9.17) is 4.74 Å². The second-order valence-corrected chi connectivity index (χ2v) is 2.32. The van der Waals surface area contributed by atoms with Crippen LogP contribution in [0.25, 0.3) is 0 Å². The standard InChI is InChI=1S/C8H14O2/c1-4-10-6-5-8(9)7(2)3/h5-7H,4H2,1-3H3/b6-5+. The molecule has 0 aliphatic rings. The molecule has 2 nitrogen and oxygen atoms in total. The summed E-state index contributed by atoms with van der Waals surface area (Å²) < 4.78 is 4.85. The maximum Gasteiger partial charge on any atom is 0.161 e. The molecule has 0 atom stereocenters. The molecule has 2 heteroatoms. The second kappa shape index (κ2) is 5.03. The molecule has 0 aromatic rings. The van der Waals surface area contributed by atoms with E-state index in [1.54, 1.807) is 0 Å². The van der Waals surface area contributed by atoms with Crippen molar-refractivity contribution in [2.24, 2.45) is 5.92 Å². The Kier molecular flexibility index (Phi) is 4.63. The van der Waals surface area contributed by atoms with E-state index in [-0.39, 0.29) is 11.7 Å². The van der Waals surface area contributed by atoms with E-state index in [1.165, 1.54) is 12.3 Å². The lowest BCUT2D eigenvalue weighted by atomic mass is 10.1. The molecule has 0 bridgehead atoms. The number of carbonyl (C=O) groups is 1. The molecule has 0 saturated heterocycles. The highest BCUT2D eigenvalue weighted by Gasteiger charge is 2.00. The van der Waals surface area contributed by atoms with Crippen molar-refractivity contribution in [2.75, 3.05) is 6.61 Å². The van der Waals surface area contributed by atoms with Crippen LogP contribution in [-0.2, 0) is 9.53 Å². The number of ketones is 1. The fourth-order valence-corrected chi connectivity index (χ4v) is 0.404. The molecule has 0 amide bonds. The van der Waals surface area contributed by atoms with Crippen molar-refractivity contribution in [3.63, 3.8) is 0 Å². The van der Waals surface area contributed by atoms with Gasteiger partial charge in [0.25, 0.3) is 0 Å². The van der Waals surface area contributed by atoms with Crippen molar-refractivity contribution in [3.05, 3.63) is 12.3 Å². The Morgan fingerprint density at radius 2 is 2.20 bits per heavy atom. The van der Waals surface area contributed by atoms with Gasteiger partial charge in [-0.05, 0) is 6.92 Å². The van der Waals surface area contributed by atoms with Gasteiger partial charge in [0.05, 0.1) is 12.9 Å². The van der Waals surface area contributed by atoms with Crippen LogP contribution in [-0.4, -0.2) is 12.4 Å². The lowest BCUT2D eigenvalue weighted by molar-refractivity contribution is -0.117. The van der Waals surface area contributed by atoms with Crippen LogP contribution in [0.4, 0.5) is 0 Å². The Balaban J connectivity index is 3.56. The van der Waals surface area contributed by atoms with E-state index in [0.29, 0.717) is 6.61 Å². The van der Waals surface area contributed by atoms with Gasteiger partial charge in [-0.3, -0.25) is 4.79 Å². The summed E-state index contributed by atoms with van der Waals surface area (Å²) in [6.45, 7) is 6.21. The maximum atomic E-state index is 10.9. The first-order chi connectivity index (χ1) is 4.68.